The first-order valence-corrected chi connectivity index (χ1v) is 12.2. The van der Waals surface area contributed by atoms with E-state index in [2.05, 4.69) is 19.2 Å². The van der Waals surface area contributed by atoms with Crippen LogP contribution in [-0.2, 0) is 0 Å². The summed E-state index contributed by atoms with van der Waals surface area (Å²) in [4.78, 5) is 34.1. The lowest BCUT2D eigenvalue weighted by atomic mass is 10.1. The third-order valence-electron chi connectivity index (χ3n) is 6.04. The molecule has 1 unspecified atom stereocenters. The quantitative estimate of drug-likeness (QED) is 0.331. The van der Waals surface area contributed by atoms with Crippen LogP contribution in [0.1, 0.15) is 39.1 Å². The Morgan fingerprint density at radius 3 is 2.31 bits per heavy atom. The molecule has 0 saturated carbocycles. The number of hydrogen-bond donors (Lipinski definition) is 1. The molecule has 0 aliphatic rings. The second-order valence-corrected chi connectivity index (χ2v) is 9.09. The Morgan fingerprint density at radius 1 is 1.00 bits per heavy atom. The SMILES string of the molecule is CCC(c1nc2ccccc2c(=O)n1-c1ccccc1)N(CC(C)C)C(=O)Nc1ccc(OC)cc1. The van der Waals surface area contributed by atoms with Crippen LogP contribution in [0.25, 0.3) is 16.6 Å². The van der Waals surface area contributed by atoms with Gasteiger partial charge in [0.15, 0.2) is 0 Å². The molecule has 3 aromatic carbocycles. The zero-order valence-corrected chi connectivity index (χ0v) is 21.1. The highest BCUT2D eigenvalue weighted by Gasteiger charge is 2.29. The molecule has 1 N–H and O–H groups in total. The number of carbonyl (C=O) groups excluding carboxylic acids is 1. The van der Waals surface area contributed by atoms with Gasteiger partial charge in [-0.3, -0.25) is 9.36 Å². The number of anilines is 1. The molecule has 1 aromatic heterocycles. The first kappa shape index (κ1) is 25.0. The summed E-state index contributed by atoms with van der Waals surface area (Å²) in [5.74, 6) is 1.46. The Labute approximate surface area is 211 Å². The van der Waals surface area contributed by atoms with E-state index in [9.17, 15) is 9.59 Å². The number of nitrogens with zero attached hydrogens (tertiary/aromatic N) is 3. The lowest BCUT2D eigenvalue weighted by Gasteiger charge is -2.33. The highest BCUT2D eigenvalue weighted by atomic mass is 16.5. The van der Waals surface area contributed by atoms with Crippen molar-refractivity contribution in [3.8, 4) is 11.4 Å². The monoisotopic (exact) mass is 484 g/mol. The molecular weight excluding hydrogens is 452 g/mol. The molecule has 0 spiro atoms. The third kappa shape index (κ3) is 5.25. The minimum absolute atomic E-state index is 0.152. The van der Waals surface area contributed by atoms with Crippen molar-refractivity contribution in [1.29, 1.82) is 0 Å². The minimum atomic E-state index is -0.428. The van der Waals surface area contributed by atoms with Crippen molar-refractivity contribution in [2.45, 2.75) is 33.2 Å². The molecule has 0 saturated heterocycles. The summed E-state index contributed by atoms with van der Waals surface area (Å²) in [5.41, 5.74) is 1.84. The number of ether oxygens (including phenoxy) is 1. The number of para-hydroxylation sites is 2. The normalized spacial score (nSPS) is 11.9. The van der Waals surface area contributed by atoms with Crippen LogP contribution in [0.4, 0.5) is 10.5 Å². The second kappa shape index (κ2) is 11.1. The van der Waals surface area contributed by atoms with Crippen LogP contribution < -0.4 is 15.6 Å². The zero-order valence-electron chi connectivity index (χ0n) is 21.1. The van der Waals surface area contributed by atoms with Gasteiger partial charge in [0, 0.05) is 12.2 Å². The van der Waals surface area contributed by atoms with Gasteiger partial charge in [-0.1, -0.05) is 51.1 Å². The molecule has 0 aliphatic heterocycles. The van der Waals surface area contributed by atoms with E-state index in [1.165, 1.54) is 0 Å². The van der Waals surface area contributed by atoms with Gasteiger partial charge in [0.2, 0.25) is 0 Å². The summed E-state index contributed by atoms with van der Waals surface area (Å²) in [6.45, 7) is 6.64. The van der Waals surface area contributed by atoms with Gasteiger partial charge in [0.25, 0.3) is 5.56 Å². The highest BCUT2D eigenvalue weighted by Crippen LogP contribution is 2.28. The standard InChI is InChI=1S/C29H32N4O3/c1-5-26(32(19-20(2)3)29(35)30-21-15-17-23(36-4)18-16-21)27-31-25-14-10-9-13-24(25)28(34)33(27)22-11-7-6-8-12-22/h6-18,20,26H,5,19H2,1-4H3,(H,30,35). The number of methoxy groups -OCH3 is 1. The number of fused-ring (bicyclic) bond motifs is 1. The molecule has 1 heterocycles. The maximum absolute atomic E-state index is 13.7. The van der Waals surface area contributed by atoms with Gasteiger partial charge in [-0.05, 0) is 60.9 Å². The predicted molar refractivity (Wildman–Crippen MR) is 144 cm³/mol. The average Bonchev–Trinajstić information content (AvgIpc) is 2.89. The van der Waals surface area contributed by atoms with Crippen LogP contribution in [-0.4, -0.2) is 34.1 Å². The molecule has 1 atom stereocenters. The molecule has 4 rings (SSSR count). The first-order chi connectivity index (χ1) is 17.4. The zero-order chi connectivity index (χ0) is 25.7. The Hall–Kier alpha value is -4.13. The fourth-order valence-corrected chi connectivity index (χ4v) is 4.36. The van der Waals surface area contributed by atoms with Crippen molar-refractivity contribution >= 4 is 22.6 Å². The molecule has 2 amide bonds. The van der Waals surface area contributed by atoms with Crippen molar-refractivity contribution in [3.63, 3.8) is 0 Å². The Kier molecular flexibility index (Phi) is 7.68. The molecule has 0 fully saturated rings. The Balaban J connectivity index is 1.83. The van der Waals surface area contributed by atoms with Gasteiger partial charge < -0.3 is 15.0 Å². The second-order valence-electron chi connectivity index (χ2n) is 9.09. The maximum Gasteiger partial charge on any atom is 0.322 e. The van der Waals surface area contributed by atoms with Crippen LogP contribution in [0.3, 0.4) is 0 Å². The van der Waals surface area contributed by atoms with Crippen LogP contribution in [0.5, 0.6) is 5.75 Å². The van der Waals surface area contributed by atoms with Crippen molar-refractivity contribution in [2.24, 2.45) is 5.92 Å². The van der Waals surface area contributed by atoms with Gasteiger partial charge >= 0.3 is 6.03 Å². The van der Waals surface area contributed by atoms with Crippen molar-refractivity contribution in [2.75, 3.05) is 19.0 Å². The van der Waals surface area contributed by atoms with E-state index in [4.69, 9.17) is 9.72 Å². The van der Waals surface area contributed by atoms with Crippen LogP contribution >= 0.6 is 0 Å². The van der Waals surface area contributed by atoms with E-state index >= 15 is 0 Å². The predicted octanol–water partition coefficient (Wildman–Crippen LogP) is 6.04. The van der Waals surface area contributed by atoms with Gasteiger partial charge in [-0.25, -0.2) is 9.78 Å². The molecule has 0 aliphatic carbocycles. The number of urea groups is 1. The van der Waals surface area contributed by atoms with Crippen molar-refractivity contribution in [1.82, 2.24) is 14.5 Å². The maximum atomic E-state index is 13.7. The number of carbonyl (C=O) groups is 1. The largest absolute Gasteiger partial charge is 0.497 e. The van der Waals surface area contributed by atoms with Crippen LogP contribution in [0.2, 0.25) is 0 Å². The van der Waals surface area contributed by atoms with Gasteiger partial charge in [0.1, 0.15) is 11.6 Å². The smallest absolute Gasteiger partial charge is 0.322 e. The topological polar surface area (TPSA) is 76.5 Å². The van der Waals surface area contributed by atoms with Crippen molar-refractivity contribution < 1.29 is 9.53 Å². The van der Waals surface area contributed by atoms with E-state index in [1.54, 1.807) is 46.9 Å². The average molecular weight is 485 g/mol. The fourth-order valence-electron chi connectivity index (χ4n) is 4.36. The number of hydrogen-bond acceptors (Lipinski definition) is 4. The van der Waals surface area contributed by atoms with Crippen LogP contribution in [0, 0.1) is 5.92 Å². The number of benzene rings is 3. The molecule has 4 aromatic rings. The number of rotatable bonds is 8. The Bertz CT molecular complexity index is 1380. The lowest BCUT2D eigenvalue weighted by Crippen LogP contribution is -2.42. The van der Waals surface area contributed by atoms with E-state index in [0.29, 0.717) is 46.8 Å². The molecule has 7 heteroatoms. The van der Waals surface area contributed by atoms with Gasteiger partial charge in [-0.2, -0.15) is 0 Å². The lowest BCUT2D eigenvalue weighted by molar-refractivity contribution is 0.171. The number of amides is 2. The third-order valence-corrected chi connectivity index (χ3v) is 6.04. The van der Waals surface area contributed by atoms with Gasteiger partial charge in [-0.15, -0.1) is 0 Å². The van der Waals surface area contributed by atoms with E-state index in [0.717, 1.165) is 0 Å². The molecular formula is C29H32N4O3. The highest BCUT2D eigenvalue weighted by molar-refractivity contribution is 5.89. The first-order valence-electron chi connectivity index (χ1n) is 12.2. The summed E-state index contributed by atoms with van der Waals surface area (Å²) in [6, 6.07) is 23.3. The summed E-state index contributed by atoms with van der Waals surface area (Å²) in [7, 11) is 1.60. The van der Waals surface area contributed by atoms with E-state index in [-0.39, 0.29) is 17.5 Å². The van der Waals surface area contributed by atoms with Crippen LogP contribution in [0.15, 0.2) is 83.7 Å². The molecule has 0 bridgehead atoms. The molecule has 7 nitrogen and oxygen atoms in total. The molecule has 0 radical (unpaired) electrons. The van der Waals surface area contributed by atoms with E-state index < -0.39 is 6.04 Å². The Morgan fingerprint density at radius 2 is 1.67 bits per heavy atom. The minimum Gasteiger partial charge on any atom is -0.497 e. The summed E-state index contributed by atoms with van der Waals surface area (Å²) in [6.07, 6.45) is 0.584. The molecule has 36 heavy (non-hydrogen) atoms. The summed E-state index contributed by atoms with van der Waals surface area (Å²) >= 11 is 0. The summed E-state index contributed by atoms with van der Waals surface area (Å²) < 4.78 is 6.87. The van der Waals surface area contributed by atoms with Crippen molar-refractivity contribution in [3.05, 3.63) is 95.0 Å². The fraction of sp³-hybridized carbons (Fsp3) is 0.276. The number of nitrogens with one attached hydrogen (secondary N) is 1. The van der Waals surface area contributed by atoms with E-state index in [1.807, 2.05) is 55.5 Å². The van der Waals surface area contributed by atoms with Gasteiger partial charge in [0.05, 0.1) is 29.7 Å². The summed E-state index contributed by atoms with van der Waals surface area (Å²) in [5, 5.41) is 3.55. The molecule has 186 valence electrons. The number of aromatic nitrogens is 2.